The van der Waals surface area contributed by atoms with Gasteiger partial charge >= 0.3 is 0 Å². The molecule has 0 radical (unpaired) electrons. The standard InChI is InChI=1S/C10H13BrO.C2H6/c1-4-7-8(5-2)10(12)9(11)6-3;1-2/h4-7,12H,3H2,1-2H3;1-2H3/b7-4+,8-5-,10-9-;. The summed E-state index contributed by atoms with van der Waals surface area (Å²) >= 11 is 3.19. The van der Waals surface area contributed by atoms with Crippen LogP contribution in [0.2, 0.25) is 0 Å². The van der Waals surface area contributed by atoms with E-state index in [1.54, 1.807) is 6.08 Å². The molecule has 0 atom stereocenters. The topological polar surface area (TPSA) is 20.2 Å². The van der Waals surface area contributed by atoms with Crippen molar-refractivity contribution in [2.24, 2.45) is 0 Å². The molecule has 0 aliphatic heterocycles. The lowest BCUT2D eigenvalue weighted by Crippen LogP contribution is -1.86. The van der Waals surface area contributed by atoms with Gasteiger partial charge in [-0.2, -0.15) is 0 Å². The number of aliphatic hydroxyl groups is 1. The average Bonchev–Trinajstić information content (AvgIpc) is 2.26. The van der Waals surface area contributed by atoms with Gasteiger partial charge in [0.15, 0.2) is 0 Å². The van der Waals surface area contributed by atoms with Crippen molar-refractivity contribution < 1.29 is 5.11 Å². The van der Waals surface area contributed by atoms with Crippen molar-refractivity contribution in [3.63, 3.8) is 0 Å². The highest BCUT2D eigenvalue weighted by Gasteiger charge is 2.01. The van der Waals surface area contributed by atoms with Crippen molar-refractivity contribution >= 4 is 15.9 Å². The van der Waals surface area contributed by atoms with E-state index < -0.39 is 0 Å². The molecule has 0 saturated heterocycles. The van der Waals surface area contributed by atoms with Crippen LogP contribution in [0, 0.1) is 0 Å². The van der Waals surface area contributed by atoms with Gasteiger partial charge in [-0.1, -0.05) is 44.7 Å². The third-order valence-corrected chi connectivity index (χ3v) is 2.04. The fourth-order valence-electron chi connectivity index (χ4n) is 0.726. The second-order valence-electron chi connectivity index (χ2n) is 2.14. The molecule has 14 heavy (non-hydrogen) atoms. The van der Waals surface area contributed by atoms with Gasteiger partial charge in [0, 0.05) is 5.57 Å². The fourth-order valence-corrected chi connectivity index (χ4v) is 0.955. The Bertz CT molecular complexity index is 247. The Morgan fingerprint density at radius 1 is 1.29 bits per heavy atom. The van der Waals surface area contributed by atoms with E-state index in [0.717, 1.165) is 5.57 Å². The maximum atomic E-state index is 9.55. The van der Waals surface area contributed by atoms with E-state index in [4.69, 9.17) is 0 Å². The van der Waals surface area contributed by atoms with Crippen molar-refractivity contribution in [1.29, 1.82) is 0 Å². The summed E-state index contributed by atoms with van der Waals surface area (Å²) in [4.78, 5) is 0. The molecular formula is C12H19BrO. The van der Waals surface area contributed by atoms with Gasteiger partial charge in [-0.15, -0.1) is 0 Å². The molecule has 0 rings (SSSR count). The Kier molecular flexibility index (Phi) is 11.6. The Morgan fingerprint density at radius 3 is 2.07 bits per heavy atom. The van der Waals surface area contributed by atoms with Crippen molar-refractivity contribution in [1.82, 2.24) is 0 Å². The Labute approximate surface area is 95.7 Å². The average molecular weight is 259 g/mol. The summed E-state index contributed by atoms with van der Waals surface area (Å²) in [7, 11) is 0. The lowest BCUT2D eigenvalue weighted by Gasteiger charge is -2.01. The van der Waals surface area contributed by atoms with Crippen LogP contribution in [-0.4, -0.2) is 5.11 Å². The third kappa shape index (κ3) is 5.81. The van der Waals surface area contributed by atoms with Crippen molar-refractivity contribution in [3.8, 4) is 0 Å². The largest absolute Gasteiger partial charge is 0.506 e. The van der Waals surface area contributed by atoms with Gasteiger partial charge in [0.1, 0.15) is 5.76 Å². The molecule has 0 spiro atoms. The van der Waals surface area contributed by atoms with Crippen molar-refractivity contribution in [2.75, 3.05) is 0 Å². The number of allylic oxidation sites excluding steroid dienone is 5. The quantitative estimate of drug-likeness (QED) is 0.565. The van der Waals surface area contributed by atoms with Gasteiger partial charge in [-0.05, 0) is 29.8 Å². The van der Waals surface area contributed by atoms with Crippen molar-refractivity contribution in [3.05, 3.63) is 46.7 Å². The summed E-state index contributed by atoms with van der Waals surface area (Å²) in [6.45, 7) is 11.3. The minimum Gasteiger partial charge on any atom is -0.506 e. The van der Waals surface area contributed by atoms with Crippen LogP contribution in [-0.2, 0) is 0 Å². The van der Waals surface area contributed by atoms with Crippen LogP contribution in [0.1, 0.15) is 27.7 Å². The second kappa shape index (κ2) is 10.3. The number of rotatable bonds is 3. The maximum Gasteiger partial charge on any atom is 0.136 e. The molecule has 0 fully saturated rings. The lowest BCUT2D eigenvalue weighted by molar-refractivity contribution is 0.425. The van der Waals surface area contributed by atoms with E-state index in [9.17, 15) is 5.11 Å². The summed E-state index contributed by atoms with van der Waals surface area (Å²) in [6, 6.07) is 0. The molecule has 80 valence electrons. The summed E-state index contributed by atoms with van der Waals surface area (Å²) in [6.07, 6.45) is 7.09. The molecule has 0 heterocycles. The fraction of sp³-hybridized carbons (Fsp3) is 0.333. The molecule has 0 aliphatic carbocycles. The van der Waals surface area contributed by atoms with E-state index in [1.807, 2.05) is 45.9 Å². The number of hydrogen-bond donors (Lipinski definition) is 1. The molecule has 0 aromatic heterocycles. The Balaban J connectivity index is 0. The third-order valence-electron chi connectivity index (χ3n) is 1.34. The SMILES string of the molecule is C=C\C(Br)=C(O)/C(=C\C)/C=C/C.CC. The predicted molar refractivity (Wildman–Crippen MR) is 68.7 cm³/mol. The van der Waals surface area contributed by atoms with Crippen LogP contribution < -0.4 is 0 Å². The molecule has 0 aromatic rings. The van der Waals surface area contributed by atoms with E-state index >= 15 is 0 Å². The first-order chi connectivity index (χ1) is 6.67. The van der Waals surface area contributed by atoms with E-state index in [2.05, 4.69) is 22.5 Å². The van der Waals surface area contributed by atoms with Crippen LogP contribution in [0.25, 0.3) is 0 Å². The van der Waals surface area contributed by atoms with Crippen LogP contribution in [0.3, 0.4) is 0 Å². The van der Waals surface area contributed by atoms with Crippen LogP contribution >= 0.6 is 15.9 Å². The summed E-state index contributed by atoms with van der Waals surface area (Å²) in [5.41, 5.74) is 0.782. The first kappa shape index (κ1) is 15.7. The van der Waals surface area contributed by atoms with E-state index in [0.29, 0.717) is 4.48 Å². The Hall–Kier alpha value is -0.760. The zero-order valence-corrected chi connectivity index (χ0v) is 10.9. The van der Waals surface area contributed by atoms with Gasteiger partial charge < -0.3 is 5.11 Å². The summed E-state index contributed by atoms with van der Waals surface area (Å²) in [5, 5.41) is 9.55. The molecular weight excluding hydrogens is 240 g/mol. The Morgan fingerprint density at radius 2 is 1.79 bits per heavy atom. The first-order valence-corrected chi connectivity index (χ1v) is 5.47. The minimum absolute atomic E-state index is 0.214. The van der Waals surface area contributed by atoms with E-state index in [-0.39, 0.29) is 5.76 Å². The zero-order valence-electron chi connectivity index (χ0n) is 9.34. The minimum atomic E-state index is 0.214. The van der Waals surface area contributed by atoms with Crippen molar-refractivity contribution in [2.45, 2.75) is 27.7 Å². The lowest BCUT2D eigenvalue weighted by atomic mass is 10.2. The van der Waals surface area contributed by atoms with Crippen LogP contribution in [0.5, 0.6) is 0 Å². The summed E-state index contributed by atoms with van der Waals surface area (Å²) < 4.78 is 0.605. The predicted octanol–water partition coefficient (Wildman–Crippen LogP) is 4.89. The molecule has 0 bridgehead atoms. The summed E-state index contributed by atoms with van der Waals surface area (Å²) in [5.74, 6) is 0.214. The molecule has 0 amide bonds. The molecule has 1 nitrogen and oxygen atoms in total. The highest BCUT2D eigenvalue weighted by Crippen LogP contribution is 2.18. The van der Waals surface area contributed by atoms with Gasteiger partial charge in [0.05, 0.1) is 4.48 Å². The van der Waals surface area contributed by atoms with Gasteiger partial charge in [-0.3, -0.25) is 0 Å². The van der Waals surface area contributed by atoms with Gasteiger partial charge in [0.25, 0.3) is 0 Å². The van der Waals surface area contributed by atoms with E-state index in [1.165, 1.54) is 0 Å². The molecule has 0 aromatic carbocycles. The number of halogens is 1. The zero-order chi connectivity index (χ0) is 11.6. The first-order valence-electron chi connectivity index (χ1n) is 4.67. The molecule has 2 heteroatoms. The molecule has 1 N–H and O–H groups in total. The van der Waals surface area contributed by atoms with Gasteiger partial charge in [0.2, 0.25) is 0 Å². The highest BCUT2D eigenvalue weighted by molar-refractivity contribution is 9.11. The van der Waals surface area contributed by atoms with Gasteiger partial charge in [-0.25, -0.2) is 0 Å². The molecule has 0 unspecified atom stereocenters. The monoisotopic (exact) mass is 258 g/mol. The maximum absolute atomic E-state index is 9.55. The van der Waals surface area contributed by atoms with Crippen LogP contribution in [0.4, 0.5) is 0 Å². The second-order valence-corrected chi connectivity index (χ2v) is 3.00. The number of hydrogen-bond acceptors (Lipinski definition) is 1. The number of aliphatic hydroxyl groups excluding tert-OH is 1. The smallest absolute Gasteiger partial charge is 0.136 e. The normalized spacial score (nSPS) is 13.1. The molecule has 0 saturated carbocycles. The highest BCUT2D eigenvalue weighted by atomic mass is 79.9. The molecule has 0 aliphatic rings. The van der Waals surface area contributed by atoms with Crippen LogP contribution in [0.15, 0.2) is 46.7 Å².